The number of aryl methyl sites for hydroxylation is 6. The van der Waals surface area contributed by atoms with Gasteiger partial charge in [-0.2, -0.15) is 0 Å². The molecule has 0 radical (unpaired) electrons. The number of hydrogen-bond donors (Lipinski definition) is 2. The monoisotopic (exact) mass is 726 g/mol. The van der Waals surface area contributed by atoms with E-state index in [0.29, 0.717) is 0 Å². The smallest absolute Gasteiger partial charge is 0.0543 e. The lowest BCUT2D eigenvalue weighted by Gasteiger charge is -2.20. The highest BCUT2D eigenvalue weighted by Crippen LogP contribution is 2.42. The minimum atomic E-state index is 1.15. The van der Waals surface area contributed by atoms with E-state index in [2.05, 4.69) is 234 Å². The molecule has 8 aromatic carbocycles. The molecule has 0 spiro atoms. The largest absolute Gasteiger partial charge is 0.354 e. The Hall–Kier alpha value is -6.64. The van der Waals surface area contributed by atoms with Crippen molar-refractivity contribution in [2.24, 2.45) is 0 Å². The van der Waals surface area contributed by atoms with Gasteiger partial charge in [-0.15, -0.1) is 0 Å². The number of hydrogen-bond acceptors (Lipinski definition) is 2. The first-order chi connectivity index (χ1) is 27.3. The molecule has 0 heterocycles. The summed E-state index contributed by atoms with van der Waals surface area (Å²) in [5.41, 5.74) is 22.0. The molecule has 0 fully saturated rings. The molecular weight excluding hydrogens is 677 g/mol. The third kappa shape index (κ3) is 8.51. The number of anilines is 4. The van der Waals surface area contributed by atoms with Crippen LogP contribution in [0.5, 0.6) is 0 Å². The van der Waals surface area contributed by atoms with Gasteiger partial charge in [0.2, 0.25) is 0 Å². The fourth-order valence-corrected chi connectivity index (χ4v) is 7.81. The predicted molar refractivity (Wildman–Crippen MR) is 242 cm³/mol. The molecule has 2 N–H and O–H groups in total. The Morgan fingerprint density at radius 2 is 0.482 bits per heavy atom. The Balaban J connectivity index is 0.000000172. The summed E-state index contributed by atoms with van der Waals surface area (Å²) in [5, 5.41) is 7.60. The van der Waals surface area contributed by atoms with E-state index in [1.807, 2.05) is 0 Å². The summed E-state index contributed by atoms with van der Waals surface area (Å²) in [6.45, 7) is 13.0. The van der Waals surface area contributed by atoms with Gasteiger partial charge in [0.25, 0.3) is 0 Å². The molecule has 0 saturated carbocycles. The van der Waals surface area contributed by atoms with Crippen molar-refractivity contribution in [1.29, 1.82) is 0 Å². The highest BCUT2D eigenvalue weighted by atomic mass is 14.9. The second kappa shape index (κ2) is 17.2. The van der Waals surface area contributed by atoms with Crippen LogP contribution in [0.15, 0.2) is 182 Å². The summed E-state index contributed by atoms with van der Waals surface area (Å²) in [4.78, 5) is 0. The molecule has 8 aromatic rings. The summed E-state index contributed by atoms with van der Waals surface area (Å²) in [5.74, 6) is 0. The van der Waals surface area contributed by atoms with Gasteiger partial charge in [0.15, 0.2) is 0 Å². The number of para-hydroxylation sites is 2. The predicted octanol–water partition coefficient (Wildman–Crippen LogP) is 15.4. The van der Waals surface area contributed by atoms with Gasteiger partial charge < -0.3 is 10.6 Å². The van der Waals surface area contributed by atoms with Crippen LogP contribution in [0.3, 0.4) is 0 Å². The van der Waals surface area contributed by atoms with Crippen molar-refractivity contribution in [3.63, 3.8) is 0 Å². The Kier molecular flexibility index (Phi) is 11.6. The zero-order valence-corrected chi connectivity index (χ0v) is 33.3. The number of nitrogens with one attached hydrogen (secondary N) is 2. The molecule has 0 amide bonds. The Labute approximate surface area is 333 Å². The highest BCUT2D eigenvalue weighted by Gasteiger charge is 2.16. The molecule has 8 rings (SSSR count). The zero-order chi connectivity index (χ0) is 39.0. The van der Waals surface area contributed by atoms with Gasteiger partial charge in [-0.25, -0.2) is 0 Å². The van der Waals surface area contributed by atoms with Gasteiger partial charge >= 0.3 is 0 Å². The normalized spacial score (nSPS) is 10.7. The van der Waals surface area contributed by atoms with Crippen LogP contribution in [0.25, 0.3) is 44.5 Å². The lowest BCUT2D eigenvalue weighted by Crippen LogP contribution is -2.01. The fraction of sp³-hybridized carbons (Fsp3) is 0.111. The van der Waals surface area contributed by atoms with Crippen LogP contribution >= 0.6 is 0 Å². The average Bonchev–Trinajstić information content (AvgIpc) is 3.22. The molecule has 0 aliphatic carbocycles. The molecule has 2 heteroatoms. The Morgan fingerprint density at radius 3 is 0.714 bits per heavy atom. The van der Waals surface area contributed by atoms with E-state index < -0.39 is 0 Å². The molecule has 2 nitrogen and oxygen atoms in total. The van der Waals surface area contributed by atoms with Crippen molar-refractivity contribution in [2.45, 2.75) is 41.5 Å². The molecule has 0 saturated heterocycles. The second-order valence-electron chi connectivity index (χ2n) is 14.7. The second-order valence-corrected chi connectivity index (χ2v) is 14.7. The molecular formula is C54H50N2. The van der Waals surface area contributed by atoms with Crippen LogP contribution in [0.1, 0.15) is 33.4 Å². The maximum atomic E-state index is 3.80. The van der Waals surface area contributed by atoms with Gasteiger partial charge in [0, 0.05) is 33.6 Å². The number of rotatable bonds is 8. The van der Waals surface area contributed by atoms with Crippen molar-refractivity contribution in [2.75, 3.05) is 10.6 Å². The topological polar surface area (TPSA) is 24.1 Å². The minimum Gasteiger partial charge on any atom is -0.354 e. The van der Waals surface area contributed by atoms with Crippen molar-refractivity contribution in [1.82, 2.24) is 0 Å². The molecule has 56 heavy (non-hydrogen) atoms. The zero-order valence-electron chi connectivity index (χ0n) is 33.3. The van der Waals surface area contributed by atoms with Crippen molar-refractivity contribution >= 4 is 22.7 Å². The summed E-state index contributed by atoms with van der Waals surface area (Å²) in [7, 11) is 0. The third-order valence-electron chi connectivity index (χ3n) is 10.3. The van der Waals surface area contributed by atoms with E-state index in [0.717, 1.165) is 11.4 Å². The van der Waals surface area contributed by atoms with Crippen LogP contribution < -0.4 is 10.6 Å². The van der Waals surface area contributed by atoms with Gasteiger partial charge in [0.1, 0.15) is 0 Å². The molecule has 0 aliphatic heterocycles. The van der Waals surface area contributed by atoms with Gasteiger partial charge in [-0.1, -0.05) is 193 Å². The Bertz CT molecular complexity index is 2210. The van der Waals surface area contributed by atoms with Gasteiger partial charge in [-0.05, 0) is 86.1 Å². The first-order valence-corrected chi connectivity index (χ1v) is 19.4. The summed E-state index contributed by atoms with van der Waals surface area (Å²) >= 11 is 0. The minimum absolute atomic E-state index is 1.15. The van der Waals surface area contributed by atoms with Crippen LogP contribution in [0, 0.1) is 41.5 Å². The van der Waals surface area contributed by atoms with Crippen LogP contribution in [-0.2, 0) is 0 Å². The van der Waals surface area contributed by atoms with Gasteiger partial charge in [-0.3, -0.25) is 0 Å². The molecule has 0 unspecified atom stereocenters. The van der Waals surface area contributed by atoms with E-state index in [4.69, 9.17) is 0 Å². The SMILES string of the molecule is Cc1cc(C)c(Nc2c(-c3ccccc3)cccc2-c2ccccc2)c(C)c1.Cc1cc(C)c(Nc2c(-c3ccccc3)cccc2-c2ccccc2)c(C)c1. The van der Waals surface area contributed by atoms with E-state index in [-0.39, 0.29) is 0 Å². The first kappa shape index (κ1) is 37.7. The molecule has 276 valence electrons. The first-order valence-electron chi connectivity index (χ1n) is 19.4. The lowest BCUT2D eigenvalue weighted by atomic mass is 9.95. The van der Waals surface area contributed by atoms with Crippen molar-refractivity contribution < 1.29 is 0 Å². The van der Waals surface area contributed by atoms with Crippen molar-refractivity contribution in [3.05, 3.63) is 215 Å². The molecule has 0 bridgehead atoms. The molecule has 0 aromatic heterocycles. The number of benzene rings is 8. The van der Waals surface area contributed by atoms with Crippen LogP contribution in [0.2, 0.25) is 0 Å². The van der Waals surface area contributed by atoms with Crippen LogP contribution in [-0.4, -0.2) is 0 Å². The summed E-state index contributed by atoms with van der Waals surface area (Å²) in [6.07, 6.45) is 0. The highest BCUT2D eigenvalue weighted by molar-refractivity contribution is 5.95. The van der Waals surface area contributed by atoms with Crippen molar-refractivity contribution in [3.8, 4) is 44.5 Å². The summed E-state index contributed by atoms with van der Waals surface area (Å²) in [6, 6.07) is 64.4. The van der Waals surface area contributed by atoms with E-state index >= 15 is 0 Å². The lowest BCUT2D eigenvalue weighted by molar-refractivity contribution is 1.31. The molecule has 0 aliphatic rings. The average molecular weight is 727 g/mol. The van der Waals surface area contributed by atoms with Crippen LogP contribution in [0.4, 0.5) is 22.7 Å². The third-order valence-corrected chi connectivity index (χ3v) is 10.3. The van der Waals surface area contributed by atoms with E-state index in [1.54, 1.807) is 0 Å². The maximum absolute atomic E-state index is 3.80. The summed E-state index contributed by atoms with van der Waals surface area (Å²) < 4.78 is 0. The molecule has 0 atom stereocenters. The van der Waals surface area contributed by atoms with E-state index in [1.165, 1.54) is 89.3 Å². The standard InChI is InChI=1S/2C27H25N/c2*1-19-17-20(2)26(21(3)18-19)28-27-24(22-11-6-4-7-12-22)15-10-16-25(27)23-13-8-5-9-14-23/h2*4-18,28H,1-3H3. The Morgan fingerprint density at radius 1 is 0.250 bits per heavy atom. The fourth-order valence-electron chi connectivity index (χ4n) is 7.81. The van der Waals surface area contributed by atoms with E-state index in [9.17, 15) is 0 Å². The van der Waals surface area contributed by atoms with Gasteiger partial charge in [0.05, 0.1) is 11.4 Å². The quantitative estimate of drug-likeness (QED) is 0.163. The maximum Gasteiger partial charge on any atom is 0.0543 e.